The molecular weight excluding hydrogens is 985 g/mol. The molecule has 0 spiro atoms. The van der Waals surface area contributed by atoms with Crippen LogP contribution in [0.4, 0.5) is 26.3 Å². The molecular formula is C69H41F6N3. The van der Waals surface area contributed by atoms with Crippen LogP contribution in [0, 0.1) is 11.3 Å². The number of nitriles is 1. The third-order valence-corrected chi connectivity index (χ3v) is 14.8. The van der Waals surface area contributed by atoms with E-state index in [9.17, 15) is 31.6 Å². The maximum absolute atomic E-state index is 14.8. The van der Waals surface area contributed by atoms with Crippen molar-refractivity contribution in [2.24, 2.45) is 0 Å². The fraction of sp³-hybridized carbons (Fsp3) is 0.0290. The van der Waals surface area contributed by atoms with Gasteiger partial charge in [-0.3, -0.25) is 0 Å². The average molecular weight is 1030 g/mol. The highest BCUT2D eigenvalue weighted by atomic mass is 19.4. The zero-order valence-corrected chi connectivity index (χ0v) is 41.3. The van der Waals surface area contributed by atoms with Gasteiger partial charge in [-0.25, -0.2) is 0 Å². The summed E-state index contributed by atoms with van der Waals surface area (Å²) in [6.45, 7) is 0. The molecule has 11 aromatic carbocycles. The van der Waals surface area contributed by atoms with E-state index in [1.807, 2.05) is 182 Å². The normalized spacial score (nSPS) is 12.0. The van der Waals surface area contributed by atoms with Crippen molar-refractivity contribution < 1.29 is 26.3 Å². The maximum atomic E-state index is 14.8. The largest absolute Gasteiger partial charge is 0.416 e. The Morgan fingerprint density at radius 3 is 1.05 bits per heavy atom. The molecule has 0 aliphatic carbocycles. The number of hydrogen-bond donors (Lipinski definition) is 0. The molecule has 0 bridgehead atoms. The van der Waals surface area contributed by atoms with Crippen molar-refractivity contribution in [1.29, 1.82) is 5.26 Å². The lowest BCUT2D eigenvalue weighted by Crippen LogP contribution is -2.11. The molecule has 0 radical (unpaired) electrons. The van der Waals surface area contributed by atoms with Crippen LogP contribution in [0.1, 0.15) is 16.7 Å². The topological polar surface area (TPSA) is 33.6 Å². The fourth-order valence-corrected chi connectivity index (χ4v) is 11.1. The highest BCUT2D eigenvalue weighted by molar-refractivity contribution is 6.14. The Bertz CT molecular complexity index is 4280. The summed E-state index contributed by atoms with van der Waals surface area (Å²) in [7, 11) is 0. The number of rotatable bonds is 8. The lowest BCUT2D eigenvalue weighted by molar-refractivity contribution is -0.143. The first-order chi connectivity index (χ1) is 37.9. The van der Waals surface area contributed by atoms with Gasteiger partial charge in [0, 0.05) is 32.8 Å². The van der Waals surface area contributed by atoms with Crippen LogP contribution in [0.15, 0.2) is 249 Å². The van der Waals surface area contributed by atoms with Gasteiger partial charge < -0.3 is 9.13 Å². The molecule has 0 fully saturated rings. The first-order valence-electron chi connectivity index (χ1n) is 25.3. The number of halogens is 6. The predicted octanol–water partition coefficient (Wildman–Crippen LogP) is 19.8. The van der Waals surface area contributed by atoms with Crippen molar-refractivity contribution in [3.63, 3.8) is 0 Å². The van der Waals surface area contributed by atoms with Gasteiger partial charge in [0.2, 0.25) is 0 Å². The molecule has 13 rings (SSSR count). The molecule has 0 unspecified atom stereocenters. The van der Waals surface area contributed by atoms with Crippen LogP contribution in [0.2, 0.25) is 0 Å². The van der Waals surface area contributed by atoms with Gasteiger partial charge in [-0.2, -0.15) is 31.6 Å². The summed E-state index contributed by atoms with van der Waals surface area (Å²) in [5.41, 5.74) is 10.3. The molecule has 374 valence electrons. The first kappa shape index (κ1) is 47.8. The maximum Gasteiger partial charge on any atom is 0.416 e. The Hall–Kier alpha value is -9.91. The van der Waals surface area contributed by atoms with Crippen LogP contribution in [-0.2, 0) is 12.4 Å². The number of alkyl halides is 6. The summed E-state index contributed by atoms with van der Waals surface area (Å²) < 4.78 is 93.0. The number of aromatic nitrogens is 2. The Balaban J connectivity index is 1.12. The third-order valence-electron chi connectivity index (χ3n) is 14.8. The minimum absolute atomic E-state index is 0.101. The highest BCUT2D eigenvalue weighted by Gasteiger charge is 2.37. The average Bonchev–Trinajstić information content (AvgIpc) is 4.22. The van der Waals surface area contributed by atoms with Crippen LogP contribution >= 0.6 is 0 Å². The van der Waals surface area contributed by atoms with Crippen molar-refractivity contribution in [2.45, 2.75) is 12.4 Å². The van der Waals surface area contributed by atoms with Crippen molar-refractivity contribution in [3.05, 3.63) is 265 Å². The summed E-state index contributed by atoms with van der Waals surface area (Å²) in [6, 6.07) is 79.3. The van der Waals surface area contributed by atoms with E-state index in [1.165, 1.54) is 0 Å². The van der Waals surface area contributed by atoms with E-state index < -0.39 is 23.5 Å². The van der Waals surface area contributed by atoms with E-state index in [0.29, 0.717) is 22.5 Å². The van der Waals surface area contributed by atoms with Gasteiger partial charge in [-0.15, -0.1) is 0 Å². The number of hydrogen-bond acceptors (Lipinski definition) is 1. The van der Waals surface area contributed by atoms with Gasteiger partial charge in [0.1, 0.15) is 0 Å². The lowest BCUT2D eigenvalue weighted by Gasteiger charge is -2.21. The third kappa shape index (κ3) is 8.44. The Morgan fingerprint density at radius 1 is 0.295 bits per heavy atom. The van der Waals surface area contributed by atoms with Gasteiger partial charge in [0.05, 0.1) is 50.5 Å². The molecule has 0 saturated carbocycles. The zero-order chi connectivity index (χ0) is 53.3. The molecule has 78 heavy (non-hydrogen) atoms. The van der Waals surface area contributed by atoms with Crippen molar-refractivity contribution in [2.75, 3.05) is 0 Å². The monoisotopic (exact) mass is 1030 g/mol. The first-order valence-corrected chi connectivity index (χ1v) is 25.3. The summed E-state index contributed by atoms with van der Waals surface area (Å²) in [6.07, 6.45) is -10.2. The zero-order valence-electron chi connectivity index (χ0n) is 41.3. The SMILES string of the molecule is N#Cc1ccc(-n2c3ccc(-c4ccccc4)cc3c3cc(-c4ccccc4)ccc32)c(-c2cc(-n3c4ccc(-c5ccccc5)cc4c4cc(-c5ccccc5)ccc43)ccc2-c2cc(C(F)(F)F)cc(C(F)(F)F)c2)c1. The van der Waals surface area contributed by atoms with E-state index >= 15 is 0 Å². The molecule has 2 heterocycles. The molecule has 0 aliphatic rings. The van der Waals surface area contributed by atoms with E-state index in [0.717, 1.165) is 100 Å². The molecule has 0 amide bonds. The van der Waals surface area contributed by atoms with E-state index in [-0.39, 0.29) is 22.8 Å². The van der Waals surface area contributed by atoms with E-state index in [2.05, 4.69) is 39.5 Å². The van der Waals surface area contributed by atoms with Gasteiger partial charge >= 0.3 is 12.4 Å². The van der Waals surface area contributed by atoms with Crippen molar-refractivity contribution >= 4 is 43.6 Å². The number of benzene rings is 11. The van der Waals surface area contributed by atoms with Crippen LogP contribution < -0.4 is 0 Å². The van der Waals surface area contributed by atoms with Crippen LogP contribution in [0.25, 0.3) is 122 Å². The van der Waals surface area contributed by atoms with Crippen LogP contribution in [0.3, 0.4) is 0 Å². The molecule has 13 aromatic rings. The molecule has 0 N–H and O–H groups in total. The second-order valence-electron chi connectivity index (χ2n) is 19.4. The summed E-state index contributed by atoms with van der Waals surface area (Å²) in [5, 5.41) is 14.3. The minimum atomic E-state index is -5.11. The predicted molar refractivity (Wildman–Crippen MR) is 302 cm³/mol. The molecule has 0 aliphatic heterocycles. The lowest BCUT2D eigenvalue weighted by atomic mass is 9.90. The highest BCUT2D eigenvalue weighted by Crippen LogP contribution is 2.47. The van der Waals surface area contributed by atoms with Gasteiger partial charge in [-0.05, 0) is 158 Å². The molecule has 0 atom stereocenters. The smallest absolute Gasteiger partial charge is 0.309 e. The Morgan fingerprint density at radius 2 is 0.679 bits per heavy atom. The summed E-state index contributed by atoms with van der Waals surface area (Å²) >= 11 is 0. The van der Waals surface area contributed by atoms with Crippen LogP contribution in [-0.4, -0.2) is 9.13 Å². The molecule has 9 heteroatoms. The molecule has 2 aromatic heterocycles. The minimum Gasteiger partial charge on any atom is -0.309 e. The Labute approximate surface area is 444 Å². The number of fused-ring (bicyclic) bond motifs is 6. The number of nitrogens with zero attached hydrogens (tertiary/aromatic N) is 3. The van der Waals surface area contributed by atoms with Crippen LogP contribution in [0.5, 0.6) is 0 Å². The summed E-state index contributed by atoms with van der Waals surface area (Å²) in [5.74, 6) is 0. The second kappa shape index (κ2) is 18.7. The second-order valence-corrected chi connectivity index (χ2v) is 19.4. The fourth-order valence-electron chi connectivity index (χ4n) is 11.1. The van der Waals surface area contributed by atoms with E-state index in [1.54, 1.807) is 24.3 Å². The van der Waals surface area contributed by atoms with Gasteiger partial charge in [-0.1, -0.05) is 152 Å². The van der Waals surface area contributed by atoms with Crippen molar-refractivity contribution in [1.82, 2.24) is 9.13 Å². The van der Waals surface area contributed by atoms with E-state index in [4.69, 9.17) is 0 Å². The molecule has 0 saturated heterocycles. The van der Waals surface area contributed by atoms with Gasteiger partial charge in [0.25, 0.3) is 0 Å². The summed E-state index contributed by atoms with van der Waals surface area (Å²) in [4.78, 5) is 0. The van der Waals surface area contributed by atoms with Crippen molar-refractivity contribution in [3.8, 4) is 84.2 Å². The Kier molecular flexibility index (Phi) is 11.5. The van der Waals surface area contributed by atoms with Gasteiger partial charge in [0.15, 0.2) is 0 Å². The quantitative estimate of drug-likeness (QED) is 0.140. The molecule has 3 nitrogen and oxygen atoms in total. The standard InChI is InChI=1S/C69H41F6N3/c70-68(71,72)53-34-52(35-54(40-53)69(73,74)75)56-27-26-55(77-63-29-22-48(44-13-5-1-6-14-44)36-59(63)60-37-49(23-30-64(60)77)45-15-7-2-8-16-45)41-57(56)58-33-43(42-76)21-28-65(58)78-66-31-24-50(46-17-9-3-10-18-46)38-61(66)62-39-51(25-32-67(62)78)47-19-11-4-12-20-47/h1-41H.